The van der Waals surface area contributed by atoms with Gasteiger partial charge in [-0.05, 0) is 67.0 Å². The molecule has 1 aromatic heterocycles. The quantitative estimate of drug-likeness (QED) is 0.605. The molecule has 134 valence electrons. The number of ether oxygens (including phenoxy) is 1. The number of hydrogen-bond donors (Lipinski definition) is 2. The van der Waals surface area contributed by atoms with Crippen molar-refractivity contribution in [2.24, 2.45) is 0 Å². The van der Waals surface area contributed by atoms with Crippen molar-refractivity contribution in [3.8, 4) is 5.75 Å². The van der Waals surface area contributed by atoms with Crippen molar-refractivity contribution in [3.63, 3.8) is 0 Å². The van der Waals surface area contributed by atoms with Crippen LogP contribution >= 0.6 is 0 Å². The number of unbranched alkanes of at least 4 members (excludes halogenated alkanes) is 1. The van der Waals surface area contributed by atoms with E-state index in [-0.39, 0.29) is 0 Å². The van der Waals surface area contributed by atoms with Crippen LogP contribution in [0.25, 0.3) is 10.9 Å². The minimum atomic E-state index is -0.878. The van der Waals surface area contributed by atoms with Gasteiger partial charge in [0.05, 0.1) is 12.2 Å². The van der Waals surface area contributed by atoms with E-state index in [1.54, 1.807) is 12.1 Å². The maximum absolute atomic E-state index is 11.2. The molecule has 26 heavy (non-hydrogen) atoms. The standard InChI is InChI=1S/C22H23NO3/c24-22(25)16-9-10-20-19(13-16)17(14-23-20)6-2-1-5-15-11-12-26-21-8-4-3-7-18(15)21/h3-4,7-10,13-15,23H,1-2,5-6,11-12H2,(H,24,25). The lowest BCUT2D eigenvalue weighted by molar-refractivity contribution is 0.0697. The molecule has 0 radical (unpaired) electrons. The Hall–Kier alpha value is -2.75. The molecule has 0 fully saturated rings. The Bertz CT molecular complexity index is 928. The molecule has 2 heterocycles. The van der Waals surface area contributed by atoms with Gasteiger partial charge in [-0.15, -0.1) is 0 Å². The Morgan fingerprint density at radius 2 is 2.08 bits per heavy atom. The van der Waals surface area contributed by atoms with Crippen molar-refractivity contribution >= 4 is 16.9 Å². The summed E-state index contributed by atoms with van der Waals surface area (Å²) in [6.45, 7) is 0.808. The first kappa shape index (κ1) is 16.7. The van der Waals surface area contributed by atoms with Crippen molar-refractivity contribution in [3.05, 3.63) is 65.4 Å². The van der Waals surface area contributed by atoms with Gasteiger partial charge in [0, 0.05) is 17.1 Å². The molecule has 0 amide bonds. The first-order valence-corrected chi connectivity index (χ1v) is 9.27. The van der Waals surface area contributed by atoms with E-state index < -0.39 is 5.97 Å². The molecular formula is C22H23NO3. The largest absolute Gasteiger partial charge is 0.493 e. The average Bonchev–Trinajstić information content (AvgIpc) is 3.07. The second-order valence-electron chi connectivity index (χ2n) is 7.00. The van der Waals surface area contributed by atoms with Crippen molar-refractivity contribution in [2.75, 3.05) is 6.61 Å². The maximum Gasteiger partial charge on any atom is 0.335 e. The van der Waals surface area contributed by atoms with Crippen molar-refractivity contribution in [1.82, 2.24) is 4.98 Å². The number of aromatic nitrogens is 1. The Labute approximate surface area is 152 Å². The summed E-state index contributed by atoms with van der Waals surface area (Å²) in [6.07, 6.45) is 7.50. The van der Waals surface area contributed by atoms with Crippen LogP contribution in [0, 0.1) is 0 Å². The van der Waals surface area contributed by atoms with Gasteiger partial charge in [-0.25, -0.2) is 4.79 Å². The van der Waals surface area contributed by atoms with Crippen LogP contribution in [0.4, 0.5) is 0 Å². The van der Waals surface area contributed by atoms with Crippen LogP contribution in [0.15, 0.2) is 48.7 Å². The molecule has 4 rings (SSSR count). The summed E-state index contributed by atoms with van der Waals surface area (Å²) in [5.74, 6) is 0.750. The van der Waals surface area contributed by atoms with Gasteiger partial charge < -0.3 is 14.8 Å². The summed E-state index contributed by atoms with van der Waals surface area (Å²) < 4.78 is 5.75. The topological polar surface area (TPSA) is 62.3 Å². The number of carboxylic acid groups (broad SMARTS) is 1. The number of carbonyl (C=O) groups is 1. The highest BCUT2D eigenvalue weighted by molar-refractivity contribution is 5.94. The normalized spacial score (nSPS) is 16.2. The van der Waals surface area contributed by atoms with E-state index in [2.05, 4.69) is 23.2 Å². The highest BCUT2D eigenvalue weighted by Crippen LogP contribution is 2.36. The predicted octanol–water partition coefficient (Wildman–Crippen LogP) is 5.15. The van der Waals surface area contributed by atoms with E-state index in [9.17, 15) is 9.90 Å². The third-order valence-corrected chi connectivity index (χ3v) is 5.35. The number of para-hydroxylation sites is 1. The van der Waals surface area contributed by atoms with E-state index >= 15 is 0 Å². The predicted molar refractivity (Wildman–Crippen MR) is 102 cm³/mol. The third kappa shape index (κ3) is 3.32. The first-order chi connectivity index (χ1) is 12.7. The van der Waals surface area contributed by atoms with E-state index in [4.69, 9.17) is 4.74 Å². The molecule has 2 aromatic carbocycles. The molecule has 0 aliphatic carbocycles. The number of aryl methyl sites for hydroxylation is 1. The number of aromatic carboxylic acids is 1. The van der Waals surface area contributed by atoms with Gasteiger partial charge in [-0.3, -0.25) is 0 Å². The van der Waals surface area contributed by atoms with Crippen molar-refractivity contribution < 1.29 is 14.6 Å². The molecule has 3 aromatic rings. The number of rotatable bonds is 6. The molecule has 1 atom stereocenters. The molecule has 0 saturated heterocycles. The number of fused-ring (bicyclic) bond motifs is 2. The fourth-order valence-electron chi connectivity index (χ4n) is 3.94. The number of nitrogens with one attached hydrogen (secondary N) is 1. The first-order valence-electron chi connectivity index (χ1n) is 9.27. The zero-order valence-electron chi connectivity index (χ0n) is 14.7. The number of hydrogen-bond acceptors (Lipinski definition) is 2. The number of aromatic amines is 1. The minimum absolute atomic E-state index is 0.345. The van der Waals surface area contributed by atoms with Crippen molar-refractivity contribution in [2.45, 2.75) is 38.0 Å². The Morgan fingerprint density at radius 3 is 2.96 bits per heavy atom. The van der Waals surface area contributed by atoms with E-state index in [0.29, 0.717) is 11.5 Å². The SMILES string of the molecule is O=C(O)c1ccc2[nH]cc(CCCCC3CCOc4ccccc43)c2c1. The Kier molecular flexibility index (Phi) is 4.65. The fourth-order valence-corrected chi connectivity index (χ4v) is 3.94. The average molecular weight is 349 g/mol. The molecular weight excluding hydrogens is 326 g/mol. The Morgan fingerprint density at radius 1 is 1.19 bits per heavy atom. The van der Waals surface area contributed by atoms with Crippen LogP contribution in [0.1, 0.15) is 53.1 Å². The van der Waals surface area contributed by atoms with Crippen LogP contribution < -0.4 is 4.74 Å². The highest BCUT2D eigenvalue weighted by Gasteiger charge is 2.20. The van der Waals surface area contributed by atoms with Crippen LogP contribution in [-0.2, 0) is 6.42 Å². The number of H-pyrrole nitrogens is 1. The van der Waals surface area contributed by atoms with Gasteiger partial charge in [0.15, 0.2) is 0 Å². The van der Waals surface area contributed by atoms with E-state index in [0.717, 1.165) is 48.9 Å². The second kappa shape index (κ2) is 7.24. The van der Waals surface area contributed by atoms with Gasteiger partial charge in [0.25, 0.3) is 0 Å². The molecule has 1 aliphatic rings. The smallest absolute Gasteiger partial charge is 0.335 e. The van der Waals surface area contributed by atoms with E-state index in [1.807, 2.05) is 18.3 Å². The van der Waals surface area contributed by atoms with E-state index in [1.165, 1.54) is 17.5 Å². The van der Waals surface area contributed by atoms with Gasteiger partial charge >= 0.3 is 5.97 Å². The molecule has 4 heteroatoms. The molecule has 2 N–H and O–H groups in total. The summed E-state index contributed by atoms with van der Waals surface area (Å²) in [7, 11) is 0. The van der Waals surface area contributed by atoms with Crippen LogP contribution in [0.5, 0.6) is 5.75 Å². The summed E-state index contributed by atoms with van der Waals surface area (Å²) in [5, 5.41) is 10.2. The van der Waals surface area contributed by atoms with Gasteiger partial charge in [-0.1, -0.05) is 24.6 Å². The zero-order chi connectivity index (χ0) is 17.9. The zero-order valence-corrected chi connectivity index (χ0v) is 14.7. The molecule has 0 bridgehead atoms. The minimum Gasteiger partial charge on any atom is -0.493 e. The molecule has 0 spiro atoms. The second-order valence-corrected chi connectivity index (χ2v) is 7.00. The molecule has 0 saturated carbocycles. The van der Waals surface area contributed by atoms with Crippen LogP contribution in [0.3, 0.4) is 0 Å². The number of benzene rings is 2. The lowest BCUT2D eigenvalue weighted by Crippen LogP contribution is -2.14. The molecule has 4 nitrogen and oxygen atoms in total. The summed E-state index contributed by atoms with van der Waals surface area (Å²) in [5.41, 5.74) is 3.90. The maximum atomic E-state index is 11.2. The monoisotopic (exact) mass is 349 g/mol. The summed E-state index contributed by atoms with van der Waals surface area (Å²) >= 11 is 0. The molecule has 1 unspecified atom stereocenters. The van der Waals surface area contributed by atoms with Gasteiger partial charge in [0.2, 0.25) is 0 Å². The summed E-state index contributed by atoms with van der Waals surface area (Å²) in [4.78, 5) is 14.4. The lowest BCUT2D eigenvalue weighted by Gasteiger charge is -2.25. The van der Waals surface area contributed by atoms with Crippen LogP contribution in [-0.4, -0.2) is 22.7 Å². The number of carboxylic acids is 1. The van der Waals surface area contributed by atoms with Crippen molar-refractivity contribution in [1.29, 1.82) is 0 Å². The fraction of sp³-hybridized carbons (Fsp3) is 0.318. The lowest BCUT2D eigenvalue weighted by atomic mass is 9.88. The van der Waals surface area contributed by atoms with Crippen LogP contribution in [0.2, 0.25) is 0 Å². The van der Waals surface area contributed by atoms with Gasteiger partial charge in [0.1, 0.15) is 5.75 Å². The molecule has 1 aliphatic heterocycles. The Balaban J connectivity index is 1.38. The van der Waals surface area contributed by atoms with Gasteiger partial charge in [-0.2, -0.15) is 0 Å². The summed E-state index contributed by atoms with van der Waals surface area (Å²) in [6, 6.07) is 13.6. The third-order valence-electron chi connectivity index (χ3n) is 5.35. The highest BCUT2D eigenvalue weighted by atomic mass is 16.5.